The summed E-state index contributed by atoms with van der Waals surface area (Å²) in [5.41, 5.74) is -0.929. The lowest BCUT2D eigenvalue weighted by atomic mass is 10.1. The van der Waals surface area contributed by atoms with Gasteiger partial charge < -0.3 is 0 Å². The van der Waals surface area contributed by atoms with Gasteiger partial charge in [0, 0.05) is 17.7 Å². The Morgan fingerprint density at radius 1 is 1.28 bits per heavy atom. The second-order valence-corrected chi connectivity index (χ2v) is 6.34. The van der Waals surface area contributed by atoms with Gasteiger partial charge >= 0.3 is 11.9 Å². The second-order valence-electron chi connectivity index (χ2n) is 6.34. The quantitative estimate of drug-likeness (QED) is 0.903. The summed E-state index contributed by atoms with van der Waals surface area (Å²) in [7, 11) is 0. The summed E-state index contributed by atoms with van der Waals surface area (Å²) < 4.78 is 40.5. The second kappa shape index (κ2) is 6.49. The molecule has 0 amide bonds. The highest BCUT2D eigenvalue weighted by Crippen LogP contribution is 2.32. The molecule has 1 aliphatic carbocycles. The predicted octanol–water partition coefficient (Wildman–Crippen LogP) is 1.70. The molecule has 1 saturated carbocycles. The van der Waals surface area contributed by atoms with Crippen molar-refractivity contribution in [1.29, 1.82) is 0 Å². The molecule has 1 aliphatic rings. The fourth-order valence-corrected chi connectivity index (χ4v) is 3.05. The van der Waals surface area contributed by atoms with E-state index in [0.717, 1.165) is 34.9 Å². The van der Waals surface area contributed by atoms with Crippen molar-refractivity contribution in [2.75, 3.05) is 0 Å². The molecule has 3 rings (SSSR count). The molecule has 7 nitrogen and oxygen atoms in total. The van der Waals surface area contributed by atoms with E-state index < -0.39 is 24.0 Å². The first-order valence-electron chi connectivity index (χ1n) is 8.03. The summed E-state index contributed by atoms with van der Waals surface area (Å²) in [6.45, 7) is 0.0601. The summed E-state index contributed by atoms with van der Waals surface area (Å²) >= 11 is 0. The third-order valence-electron chi connectivity index (χ3n) is 4.31. The van der Waals surface area contributed by atoms with Crippen LogP contribution in [0.4, 0.5) is 13.2 Å². The van der Waals surface area contributed by atoms with Crippen molar-refractivity contribution in [1.82, 2.24) is 24.3 Å². The molecule has 2 aromatic rings. The van der Waals surface area contributed by atoms with Crippen LogP contribution in [0, 0.1) is 6.92 Å². The minimum absolute atomic E-state index is 0.0489. The van der Waals surface area contributed by atoms with Gasteiger partial charge in [0.05, 0.1) is 6.54 Å². The minimum atomic E-state index is -4.44. The highest BCUT2D eigenvalue weighted by molar-refractivity contribution is 5.05. The number of aryl methyl sites for hydroxylation is 1. The Morgan fingerprint density at radius 2 is 1.96 bits per heavy atom. The van der Waals surface area contributed by atoms with Crippen LogP contribution in [0.2, 0.25) is 0 Å². The van der Waals surface area contributed by atoms with Crippen molar-refractivity contribution < 1.29 is 13.2 Å². The summed E-state index contributed by atoms with van der Waals surface area (Å²) in [5, 5.41) is 4.04. The number of H-pyrrole nitrogens is 1. The number of hydrogen-bond donors (Lipinski definition) is 1. The Labute approximate surface area is 140 Å². The molecule has 0 unspecified atom stereocenters. The van der Waals surface area contributed by atoms with Crippen LogP contribution in [0.1, 0.15) is 48.8 Å². The highest BCUT2D eigenvalue weighted by atomic mass is 19.4. The molecule has 0 aromatic carbocycles. The minimum Gasteiger partial charge on any atom is -0.293 e. The van der Waals surface area contributed by atoms with E-state index in [1.54, 1.807) is 0 Å². The van der Waals surface area contributed by atoms with Crippen LogP contribution >= 0.6 is 0 Å². The molecule has 0 aliphatic heterocycles. The zero-order valence-corrected chi connectivity index (χ0v) is 13.6. The SMILES string of the molecule is Cc1cn(Cc2nc(C3CCCC3)nn2CC(F)(F)F)c(=O)[nH]c1=O. The Balaban J connectivity index is 1.97. The molecule has 0 saturated heterocycles. The van der Waals surface area contributed by atoms with Crippen LogP contribution in [0.5, 0.6) is 0 Å². The van der Waals surface area contributed by atoms with Gasteiger partial charge in [-0.1, -0.05) is 12.8 Å². The number of hydrogen-bond acceptors (Lipinski definition) is 4. The molecule has 0 atom stereocenters. The lowest BCUT2D eigenvalue weighted by Crippen LogP contribution is -2.32. The van der Waals surface area contributed by atoms with Gasteiger partial charge in [0.25, 0.3) is 5.56 Å². The molecule has 136 valence electrons. The number of alkyl halides is 3. The van der Waals surface area contributed by atoms with Crippen LogP contribution < -0.4 is 11.2 Å². The molecule has 0 bridgehead atoms. The predicted molar refractivity (Wildman–Crippen MR) is 82.4 cm³/mol. The van der Waals surface area contributed by atoms with E-state index in [2.05, 4.69) is 15.1 Å². The number of nitrogens with one attached hydrogen (secondary N) is 1. The van der Waals surface area contributed by atoms with Crippen molar-refractivity contribution in [2.45, 2.75) is 57.8 Å². The normalized spacial score (nSPS) is 15.8. The molecule has 25 heavy (non-hydrogen) atoms. The fourth-order valence-electron chi connectivity index (χ4n) is 3.05. The average Bonchev–Trinajstić information content (AvgIpc) is 3.13. The zero-order valence-electron chi connectivity index (χ0n) is 13.6. The maximum Gasteiger partial charge on any atom is 0.408 e. The number of nitrogens with zero attached hydrogens (tertiary/aromatic N) is 4. The van der Waals surface area contributed by atoms with E-state index in [4.69, 9.17) is 0 Å². The van der Waals surface area contributed by atoms with Crippen molar-refractivity contribution in [3.05, 3.63) is 44.2 Å². The Kier molecular flexibility index (Phi) is 4.53. The van der Waals surface area contributed by atoms with Crippen LogP contribution in [0.15, 0.2) is 15.8 Å². The number of rotatable bonds is 4. The Hall–Kier alpha value is -2.39. The van der Waals surface area contributed by atoms with E-state index in [1.165, 1.54) is 13.1 Å². The van der Waals surface area contributed by atoms with Crippen LogP contribution in [-0.4, -0.2) is 30.5 Å². The molecule has 1 fully saturated rings. The number of halogens is 3. The number of aromatic nitrogens is 5. The van der Waals surface area contributed by atoms with E-state index in [9.17, 15) is 22.8 Å². The molecule has 2 heterocycles. The van der Waals surface area contributed by atoms with Crippen LogP contribution in [0.25, 0.3) is 0 Å². The third-order valence-corrected chi connectivity index (χ3v) is 4.31. The maximum absolute atomic E-state index is 12.8. The van der Waals surface area contributed by atoms with Crippen molar-refractivity contribution >= 4 is 0 Å². The highest BCUT2D eigenvalue weighted by Gasteiger charge is 2.31. The van der Waals surface area contributed by atoms with Gasteiger partial charge in [-0.15, -0.1) is 0 Å². The summed E-state index contributed by atoms with van der Waals surface area (Å²) in [6, 6.07) is 0. The molecule has 10 heteroatoms. The van der Waals surface area contributed by atoms with Crippen LogP contribution in [-0.2, 0) is 13.1 Å². The summed E-state index contributed by atoms with van der Waals surface area (Å²) in [4.78, 5) is 29.7. The largest absolute Gasteiger partial charge is 0.408 e. The average molecular weight is 357 g/mol. The first kappa shape index (κ1) is 17.4. The maximum atomic E-state index is 12.8. The van der Waals surface area contributed by atoms with E-state index in [-0.39, 0.29) is 23.9 Å². The van der Waals surface area contributed by atoms with Gasteiger partial charge in [0.1, 0.15) is 12.4 Å². The topological polar surface area (TPSA) is 85.6 Å². The molecular formula is C15H18F3N5O2. The van der Waals surface area contributed by atoms with E-state index in [1.807, 2.05) is 0 Å². The van der Waals surface area contributed by atoms with Crippen molar-refractivity contribution in [2.24, 2.45) is 0 Å². The van der Waals surface area contributed by atoms with Crippen molar-refractivity contribution in [3.8, 4) is 0 Å². The number of aromatic amines is 1. The zero-order chi connectivity index (χ0) is 18.2. The monoisotopic (exact) mass is 357 g/mol. The van der Waals surface area contributed by atoms with Crippen LogP contribution in [0.3, 0.4) is 0 Å². The van der Waals surface area contributed by atoms with Gasteiger partial charge in [-0.05, 0) is 19.8 Å². The van der Waals surface area contributed by atoms with Gasteiger partial charge in [-0.25, -0.2) is 14.5 Å². The van der Waals surface area contributed by atoms with E-state index in [0.29, 0.717) is 5.82 Å². The molecule has 0 spiro atoms. The molecular weight excluding hydrogens is 339 g/mol. The standard InChI is InChI=1S/C15H18F3N5O2/c1-9-6-22(14(25)20-13(9)24)7-11-19-12(10-4-2-3-5-10)21-23(11)8-15(16,17)18/h6,10H,2-5,7-8H2,1H3,(H,20,24,25). The lowest BCUT2D eigenvalue weighted by Gasteiger charge is -2.10. The summed E-state index contributed by atoms with van der Waals surface area (Å²) in [5.74, 6) is 0.501. The summed E-state index contributed by atoms with van der Waals surface area (Å²) in [6.07, 6.45) is 0.587. The molecule has 2 aromatic heterocycles. The first-order chi connectivity index (χ1) is 11.7. The van der Waals surface area contributed by atoms with E-state index >= 15 is 0 Å². The molecule has 1 N–H and O–H groups in total. The fraction of sp³-hybridized carbons (Fsp3) is 0.600. The Morgan fingerprint density at radius 3 is 2.60 bits per heavy atom. The van der Waals surface area contributed by atoms with Gasteiger partial charge in [-0.3, -0.25) is 14.3 Å². The third kappa shape index (κ3) is 3.99. The lowest BCUT2D eigenvalue weighted by molar-refractivity contribution is -0.143. The van der Waals surface area contributed by atoms with Gasteiger partial charge in [-0.2, -0.15) is 18.3 Å². The van der Waals surface area contributed by atoms with Gasteiger partial charge in [0.2, 0.25) is 0 Å². The Bertz CT molecular complexity index is 875. The van der Waals surface area contributed by atoms with Crippen molar-refractivity contribution in [3.63, 3.8) is 0 Å². The van der Waals surface area contributed by atoms with Gasteiger partial charge in [0.15, 0.2) is 5.82 Å². The smallest absolute Gasteiger partial charge is 0.293 e. The molecule has 0 radical (unpaired) electrons. The first-order valence-corrected chi connectivity index (χ1v) is 8.03.